The van der Waals surface area contributed by atoms with Gasteiger partial charge in [0, 0.05) is 0 Å². The SMILES string of the molecule is C=C.C=CC.[PbH2]. The van der Waals surface area contributed by atoms with Crippen LogP contribution < -0.4 is 0 Å². The molecule has 0 aliphatic carbocycles. The van der Waals surface area contributed by atoms with E-state index in [2.05, 4.69) is 19.7 Å². The predicted octanol–water partition coefficient (Wildman–Crippen LogP) is 1.08. The van der Waals surface area contributed by atoms with E-state index in [1.165, 1.54) is 0 Å². The van der Waals surface area contributed by atoms with Crippen molar-refractivity contribution in [1.82, 2.24) is 0 Å². The van der Waals surface area contributed by atoms with Crippen LogP contribution in [0.2, 0.25) is 0 Å². The van der Waals surface area contributed by atoms with Crippen molar-refractivity contribution in [1.29, 1.82) is 0 Å². The van der Waals surface area contributed by atoms with E-state index in [0.717, 1.165) is 0 Å². The molecule has 0 saturated heterocycles. The third-order valence-electron chi connectivity index (χ3n) is 0. The molecule has 1 heteroatoms. The normalized spacial score (nSPS) is 2.83. The van der Waals surface area contributed by atoms with E-state index in [1.807, 2.05) is 6.92 Å². The van der Waals surface area contributed by atoms with Gasteiger partial charge in [-0.15, -0.1) is 19.7 Å². The summed E-state index contributed by atoms with van der Waals surface area (Å²) in [5.74, 6) is 0. The van der Waals surface area contributed by atoms with Crippen molar-refractivity contribution in [2.45, 2.75) is 6.92 Å². The zero-order valence-electron chi connectivity index (χ0n) is 4.41. The van der Waals surface area contributed by atoms with Crippen LogP contribution in [0.15, 0.2) is 25.8 Å². The van der Waals surface area contributed by atoms with Gasteiger partial charge in [0.25, 0.3) is 0 Å². The van der Waals surface area contributed by atoms with Crippen molar-refractivity contribution < 1.29 is 0 Å². The van der Waals surface area contributed by atoms with Crippen LogP contribution >= 0.6 is 0 Å². The van der Waals surface area contributed by atoms with Crippen LogP contribution in [0.1, 0.15) is 6.92 Å². The zero-order chi connectivity index (χ0) is 4.71. The summed E-state index contributed by atoms with van der Waals surface area (Å²) in [5.41, 5.74) is 0. The summed E-state index contributed by atoms with van der Waals surface area (Å²) in [6.07, 6.45) is 1.75. The molecule has 0 aliphatic heterocycles. The summed E-state index contributed by atoms with van der Waals surface area (Å²) in [6, 6.07) is 0. The molecule has 0 amide bonds. The van der Waals surface area contributed by atoms with Crippen molar-refractivity contribution in [2.75, 3.05) is 0 Å². The van der Waals surface area contributed by atoms with Crippen molar-refractivity contribution in [3.05, 3.63) is 25.8 Å². The van der Waals surface area contributed by atoms with E-state index in [1.54, 1.807) is 6.08 Å². The Morgan fingerprint density at radius 2 is 1.33 bits per heavy atom. The Balaban J connectivity index is -0.0000000275. The molecule has 6 heavy (non-hydrogen) atoms. The molecular formula is C5H12Pb. The first-order valence-corrected chi connectivity index (χ1v) is 1.49. The third kappa shape index (κ3) is 315. The van der Waals surface area contributed by atoms with E-state index in [4.69, 9.17) is 0 Å². The average Bonchev–Trinajstić information content (AvgIpc) is 1.46. The Kier molecular flexibility index (Phi) is 143. The zero-order valence-corrected chi connectivity index (χ0v) is 9.90. The van der Waals surface area contributed by atoms with Gasteiger partial charge in [-0.3, -0.25) is 0 Å². The van der Waals surface area contributed by atoms with Gasteiger partial charge in [0.15, 0.2) is 0 Å². The molecule has 0 atom stereocenters. The molecule has 0 aromatic rings. The fourth-order valence-corrected chi connectivity index (χ4v) is 0. The van der Waals surface area contributed by atoms with Gasteiger partial charge in [0.05, 0.1) is 0 Å². The van der Waals surface area contributed by atoms with E-state index in [9.17, 15) is 0 Å². The molecule has 2 radical (unpaired) electrons. The average molecular weight is 279 g/mol. The Bertz CT molecular complexity index is 17.9. The van der Waals surface area contributed by atoms with E-state index in [0.29, 0.717) is 0 Å². The van der Waals surface area contributed by atoms with Crippen LogP contribution in [-0.2, 0) is 0 Å². The minimum absolute atomic E-state index is 0. The monoisotopic (exact) mass is 280 g/mol. The number of rotatable bonds is 0. The van der Waals surface area contributed by atoms with Gasteiger partial charge in [-0.1, -0.05) is 6.08 Å². The Hall–Kier alpha value is 0.402. The van der Waals surface area contributed by atoms with Gasteiger partial charge in [-0.2, -0.15) is 0 Å². The van der Waals surface area contributed by atoms with Crippen LogP contribution in [0.5, 0.6) is 0 Å². The summed E-state index contributed by atoms with van der Waals surface area (Å²) in [4.78, 5) is 0. The standard InChI is InChI=1S/C3H6.C2H4.Pb.2H/c1-3-2;1-2;;;/h3H,1H2,2H3;1-2H2;;;. The molecule has 0 aromatic carbocycles. The Labute approximate surface area is 60.1 Å². The summed E-state index contributed by atoms with van der Waals surface area (Å²) >= 11 is 0. The van der Waals surface area contributed by atoms with E-state index >= 15 is 0 Å². The first-order valence-electron chi connectivity index (χ1n) is 1.49. The van der Waals surface area contributed by atoms with Gasteiger partial charge in [0.1, 0.15) is 0 Å². The maximum absolute atomic E-state index is 3.36. The van der Waals surface area contributed by atoms with Crippen molar-refractivity contribution in [2.24, 2.45) is 0 Å². The maximum atomic E-state index is 3.36. The minimum atomic E-state index is 0. The van der Waals surface area contributed by atoms with Crippen LogP contribution in [0.25, 0.3) is 0 Å². The number of hydrogen-bond donors (Lipinski definition) is 0. The molecule has 36 valence electrons. The fourth-order valence-electron chi connectivity index (χ4n) is 0. The summed E-state index contributed by atoms with van der Waals surface area (Å²) in [6.45, 7) is 11.2. The van der Waals surface area contributed by atoms with E-state index in [-0.39, 0.29) is 27.3 Å². The molecule has 0 fully saturated rings. The first-order chi connectivity index (χ1) is 2.41. The quantitative estimate of drug-likeness (QED) is 0.460. The van der Waals surface area contributed by atoms with Crippen LogP contribution in [-0.4, -0.2) is 27.3 Å². The second-order valence-corrected chi connectivity index (χ2v) is 0.408. The summed E-state index contributed by atoms with van der Waals surface area (Å²) < 4.78 is 0. The second-order valence-electron chi connectivity index (χ2n) is 0.408. The van der Waals surface area contributed by atoms with Gasteiger partial charge in [-0.25, -0.2) is 0 Å². The molecule has 0 aromatic heterocycles. The number of allylic oxidation sites excluding steroid dienone is 1. The van der Waals surface area contributed by atoms with Crippen LogP contribution in [0.3, 0.4) is 0 Å². The van der Waals surface area contributed by atoms with Gasteiger partial charge >= 0.3 is 27.3 Å². The molecule has 0 rings (SSSR count). The van der Waals surface area contributed by atoms with Crippen LogP contribution in [0.4, 0.5) is 0 Å². The summed E-state index contributed by atoms with van der Waals surface area (Å²) in [7, 11) is 0. The van der Waals surface area contributed by atoms with Gasteiger partial charge in [0.2, 0.25) is 0 Å². The van der Waals surface area contributed by atoms with Crippen LogP contribution in [0, 0.1) is 0 Å². The third-order valence-corrected chi connectivity index (χ3v) is 0. The van der Waals surface area contributed by atoms with Crippen molar-refractivity contribution >= 4 is 27.3 Å². The topological polar surface area (TPSA) is 0 Å². The Morgan fingerprint density at radius 3 is 1.33 bits per heavy atom. The fraction of sp³-hybridized carbons (Fsp3) is 0.200. The molecule has 0 heterocycles. The molecule has 0 N–H and O–H groups in total. The molecule has 0 spiro atoms. The Morgan fingerprint density at radius 1 is 1.33 bits per heavy atom. The predicted molar refractivity (Wildman–Crippen MR) is 35.7 cm³/mol. The molecule has 0 saturated carbocycles. The first kappa shape index (κ1) is 16.1. The van der Waals surface area contributed by atoms with Crippen molar-refractivity contribution in [3.63, 3.8) is 0 Å². The molecule has 0 unspecified atom stereocenters. The summed E-state index contributed by atoms with van der Waals surface area (Å²) in [5, 5.41) is 0. The van der Waals surface area contributed by atoms with Gasteiger partial charge in [-0.05, 0) is 6.92 Å². The van der Waals surface area contributed by atoms with Gasteiger partial charge < -0.3 is 0 Å². The molecular weight excluding hydrogens is 267 g/mol. The van der Waals surface area contributed by atoms with Crippen molar-refractivity contribution in [3.8, 4) is 0 Å². The second kappa shape index (κ2) is 53.3. The molecule has 0 aliphatic rings. The van der Waals surface area contributed by atoms with E-state index < -0.39 is 0 Å². The molecule has 0 bridgehead atoms. The number of hydrogen-bond acceptors (Lipinski definition) is 0. The molecule has 0 nitrogen and oxygen atoms in total.